The first-order valence-corrected chi connectivity index (χ1v) is 12.8. The van der Waals surface area contributed by atoms with Crippen molar-refractivity contribution in [3.8, 4) is 0 Å². The number of fused-ring (bicyclic) bond motifs is 1. The number of carbonyl (C=O) groups excluding carboxylic acids is 3. The molecule has 1 aliphatic heterocycles. The SMILES string of the molecule is Cc1cc(F)cc(C2=N[C@H](NC(=O)[C@@](CCC(F)(F)F)(CC(N)=O)CC3CC3)C(=O)Nc3c(Cl)cccc32)c1. The van der Waals surface area contributed by atoms with E-state index in [1.165, 1.54) is 18.2 Å². The van der Waals surface area contributed by atoms with Crippen LogP contribution in [0.25, 0.3) is 0 Å². The summed E-state index contributed by atoms with van der Waals surface area (Å²) < 4.78 is 54.0. The van der Waals surface area contributed by atoms with Gasteiger partial charge < -0.3 is 16.4 Å². The van der Waals surface area contributed by atoms with E-state index in [0.29, 0.717) is 29.5 Å². The van der Waals surface area contributed by atoms with Gasteiger partial charge in [0.15, 0.2) is 0 Å². The Kier molecular flexibility index (Phi) is 8.02. The number of anilines is 1. The van der Waals surface area contributed by atoms with Crippen LogP contribution in [0.15, 0.2) is 41.4 Å². The summed E-state index contributed by atoms with van der Waals surface area (Å²) in [6.07, 6.45) is -7.37. The van der Waals surface area contributed by atoms with Gasteiger partial charge in [-0.2, -0.15) is 13.2 Å². The van der Waals surface area contributed by atoms with Crippen molar-refractivity contribution < 1.29 is 31.9 Å². The Bertz CT molecular complexity index is 1320. The molecule has 0 bridgehead atoms. The van der Waals surface area contributed by atoms with Crippen LogP contribution in [0.3, 0.4) is 0 Å². The van der Waals surface area contributed by atoms with Crippen molar-refractivity contribution in [1.82, 2.24) is 5.32 Å². The highest BCUT2D eigenvalue weighted by molar-refractivity contribution is 6.36. The minimum atomic E-state index is -4.58. The van der Waals surface area contributed by atoms with E-state index < -0.39 is 60.6 Å². The average molecular weight is 567 g/mol. The first-order valence-electron chi connectivity index (χ1n) is 12.4. The van der Waals surface area contributed by atoms with Gasteiger partial charge >= 0.3 is 6.18 Å². The van der Waals surface area contributed by atoms with E-state index in [1.807, 2.05) is 0 Å². The predicted molar refractivity (Wildman–Crippen MR) is 138 cm³/mol. The standard InChI is InChI=1S/C27H27ClF4N4O3/c1-14-9-16(11-17(29)10-14)21-18-3-2-4-19(28)22(18)35-24(38)23(34-21)36-25(39)26(13-20(33)37,12-15-5-6-15)7-8-27(30,31)32/h2-4,9-11,15,23H,5-8,12-13H2,1H3,(H2,33,37)(H,35,38)(H,36,39)/t23-,26-/m1/s1. The minimum Gasteiger partial charge on any atom is -0.370 e. The zero-order valence-corrected chi connectivity index (χ0v) is 21.8. The van der Waals surface area contributed by atoms with E-state index in [4.69, 9.17) is 17.3 Å². The lowest BCUT2D eigenvalue weighted by molar-refractivity contribution is -0.152. The molecule has 39 heavy (non-hydrogen) atoms. The van der Waals surface area contributed by atoms with E-state index in [2.05, 4.69) is 15.6 Å². The second-order valence-corrected chi connectivity index (χ2v) is 10.6. The summed E-state index contributed by atoms with van der Waals surface area (Å²) in [5.41, 5.74) is 5.13. The van der Waals surface area contributed by atoms with Crippen LogP contribution < -0.4 is 16.4 Å². The van der Waals surface area contributed by atoms with Crippen molar-refractivity contribution in [1.29, 1.82) is 0 Å². The molecule has 7 nitrogen and oxygen atoms in total. The molecule has 2 aromatic carbocycles. The summed E-state index contributed by atoms with van der Waals surface area (Å²) in [4.78, 5) is 43.3. The Morgan fingerprint density at radius 3 is 2.51 bits per heavy atom. The molecule has 4 rings (SSSR count). The summed E-state index contributed by atoms with van der Waals surface area (Å²) in [5.74, 6) is -3.28. The molecule has 2 aliphatic rings. The van der Waals surface area contributed by atoms with Crippen molar-refractivity contribution in [3.63, 3.8) is 0 Å². The highest BCUT2D eigenvalue weighted by atomic mass is 35.5. The average Bonchev–Trinajstić information content (AvgIpc) is 3.64. The number of rotatable bonds is 9. The van der Waals surface area contributed by atoms with Gasteiger partial charge in [-0.1, -0.05) is 36.6 Å². The van der Waals surface area contributed by atoms with Crippen LogP contribution in [0.4, 0.5) is 23.2 Å². The topological polar surface area (TPSA) is 114 Å². The summed E-state index contributed by atoms with van der Waals surface area (Å²) in [5, 5.41) is 5.23. The molecule has 208 valence electrons. The number of alkyl halides is 3. The van der Waals surface area contributed by atoms with Gasteiger partial charge in [-0.15, -0.1) is 0 Å². The predicted octanol–water partition coefficient (Wildman–Crippen LogP) is 5.02. The van der Waals surface area contributed by atoms with Gasteiger partial charge in [-0.25, -0.2) is 9.38 Å². The molecular formula is C27H27ClF4N4O3. The molecule has 0 unspecified atom stereocenters. The molecule has 4 N–H and O–H groups in total. The van der Waals surface area contributed by atoms with E-state index in [0.717, 1.165) is 0 Å². The van der Waals surface area contributed by atoms with Gasteiger partial charge in [0.2, 0.25) is 18.0 Å². The number of nitrogens with two attached hydrogens (primary N) is 1. The molecule has 0 spiro atoms. The summed E-state index contributed by atoms with van der Waals surface area (Å²) in [6, 6.07) is 8.89. The number of benzodiazepines with no additional fused rings is 1. The van der Waals surface area contributed by atoms with Crippen LogP contribution in [0.5, 0.6) is 0 Å². The summed E-state index contributed by atoms with van der Waals surface area (Å²) in [6.45, 7) is 1.67. The van der Waals surface area contributed by atoms with E-state index in [1.54, 1.807) is 25.1 Å². The number of nitrogens with one attached hydrogen (secondary N) is 2. The Morgan fingerprint density at radius 1 is 1.18 bits per heavy atom. The van der Waals surface area contributed by atoms with Crippen LogP contribution in [0.2, 0.25) is 5.02 Å². The maximum atomic E-state index is 14.3. The van der Waals surface area contributed by atoms with Gasteiger partial charge in [0, 0.05) is 24.0 Å². The van der Waals surface area contributed by atoms with Crippen molar-refractivity contribution in [3.05, 3.63) is 63.9 Å². The van der Waals surface area contributed by atoms with Crippen LogP contribution >= 0.6 is 11.6 Å². The molecule has 2 atom stereocenters. The molecule has 2 aromatic rings. The fraction of sp³-hybridized carbons (Fsp3) is 0.407. The van der Waals surface area contributed by atoms with Gasteiger partial charge in [-0.3, -0.25) is 14.4 Å². The van der Waals surface area contributed by atoms with Gasteiger partial charge in [-0.05, 0) is 55.5 Å². The first kappa shape index (κ1) is 28.5. The van der Waals surface area contributed by atoms with Crippen molar-refractivity contribution in [2.75, 3.05) is 5.32 Å². The lowest BCUT2D eigenvalue weighted by Crippen LogP contribution is -2.51. The smallest absolute Gasteiger partial charge is 0.370 e. The molecule has 3 amide bonds. The highest BCUT2D eigenvalue weighted by Crippen LogP contribution is 2.46. The van der Waals surface area contributed by atoms with E-state index >= 15 is 0 Å². The first-order chi connectivity index (χ1) is 18.3. The molecule has 1 saturated carbocycles. The lowest BCUT2D eigenvalue weighted by Gasteiger charge is -2.33. The number of benzene rings is 2. The maximum absolute atomic E-state index is 14.3. The number of primary amides is 1. The second kappa shape index (κ2) is 11.0. The fourth-order valence-electron chi connectivity index (χ4n) is 4.91. The van der Waals surface area contributed by atoms with Crippen LogP contribution in [-0.4, -0.2) is 35.8 Å². The van der Waals surface area contributed by atoms with E-state index in [-0.39, 0.29) is 28.8 Å². The minimum absolute atomic E-state index is 0.0118. The molecular weight excluding hydrogens is 540 g/mol. The third-order valence-corrected chi connectivity index (χ3v) is 7.18. The van der Waals surface area contributed by atoms with E-state index in [9.17, 15) is 31.9 Å². The maximum Gasteiger partial charge on any atom is 0.389 e. The third kappa shape index (κ3) is 6.95. The monoisotopic (exact) mass is 566 g/mol. The molecule has 1 heterocycles. The van der Waals surface area contributed by atoms with Gasteiger partial charge in [0.25, 0.3) is 5.91 Å². The molecule has 0 aromatic heterocycles. The van der Waals surface area contributed by atoms with Crippen LogP contribution in [0, 0.1) is 24.1 Å². The number of halogens is 5. The zero-order valence-electron chi connectivity index (χ0n) is 21.0. The number of hydrogen-bond donors (Lipinski definition) is 3. The van der Waals surface area contributed by atoms with Crippen molar-refractivity contribution in [2.24, 2.45) is 22.1 Å². The Labute approximate surface area is 227 Å². The second-order valence-electron chi connectivity index (χ2n) is 10.2. The Balaban J connectivity index is 1.76. The largest absolute Gasteiger partial charge is 0.389 e. The normalized spacial score (nSPS) is 18.8. The summed E-state index contributed by atoms with van der Waals surface area (Å²) >= 11 is 6.34. The summed E-state index contributed by atoms with van der Waals surface area (Å²) in [7, 11) is 0. The molecule has 1 aliphatic carbocycles. The third-order valence-electron chi connectivity index (χ3n) is 6.86. The number of amides is 3. The molecule has 1 fully saturated rings. The van der Waals surface area contributed by atoms with Gasteiger partial charge in [0.05, 0.1) is 21.8 Å². The van der Waals surface area contributed by atoms with Crippen molar-refractivity contribution in [2.45, 2.75) is 57.8 Å². The Hall–Kier alpha value is -3.47. The number of aryl methyl sites for hydroxylation is 1. The molecule has 0 saturated heterocycles. The van der Waals surface area contributed by atoms with Crippen molar-refractivity contribution >= 4 is 40.7 Å². The lowest BCUT2D eigenvalue weighted by atomic mass is 9.74. The highest BCUT2D eigenvalue weighted by Gasteiger charge is 2.47. The quantitative estimate of drug-likeness (QED) is 0.370. The fourth-order valence-corrected chi connectivity index (χ4v) is 5.14. The van der Waals surface area contributed by atoms with Gasteiger partial charge in [0.1, 0.15) is 5.82 Å². The van der Waals surface area contributed by atoms with Crippen LogP contribution in [0.1, 0.15) is 55.2 Å². The number of carbonyl (C=O) groups is 3. The number of para-hydroxylation sites is 1. The van der Waals surface area contributed by atoms with Crippen LogP contribution in [-0.2, 0) is 14.4 Å². The molecule has 12 heteroatoms. The Morgan fingerprint density at radius 2 is 1.90 bits per heavy atom. The number of aliphatic imine (C=N–C) groups is 1. The number of nitrogens with zero attached hydrogens (tertiary/aromatic N) is 1. The molecule has 0 radical (unpaired) electrons. The number of hydrogen-bond acceptors (Lipinski definition) is 4. The zero-order chi connectivity index (χ0) is 28.5.